The second-order valence-corrected chi connectivity index (χ2v) is 10.8. The lowest BCUT2D eigenvalue weighted by molar-refractivity contribution is -0.0393. The Kier molecular flexibility index (Phi) is 2.92. The SMILES string of the molecule is Clc1ccc2c(c1)-c1ccc3oc4ccccc4c3c1C21C2CC3CC(C2)CC1C3. The van der Waals surface area contributed by atoms with E-state index in [0.717, 1.165) is 39.9 Å². The van der Waals surface area contributed by atoms with Gasteiger partial charge in [-0.25, -0.2) is 0 Å². The molecule has 1 spiro atoms. The van der Waals surface area contributed by atoms with E-state index >= 15 is 0 Å². The molecule has 4 bridgehead atoms. The first-order valence-corrected chi connectivity index (χ1v) is 11.9. The Morgan fingerprint density at radius 2 is 1.53 bits per heavy atom. The van der Waals surface area contributed by atoms with Crippen LogP contribution in [0.5, 0.6) is 0 Å². The Morgan fingerprint density at radius 3 is 2.33 bits per heavy atom. The molecule has 148 valence electrons. The fraction of sp³-hybridized carbons (Fsp3) is 0.357. The van der Waals surface area contributed by atoms with Gasteiger partial charge in [-0.15, -0.1) is 0 Å². The van der Waals surface area contributed by atoms with Crippen LogP contribution in [0.15, 0.2) is 59.0 Å². The third-order valence-corrected chi connectivity index (χ3v) is 9.34. The van der Waals surface area contributed by atoms with Crippen molar-refractivity contribution < 1.29 is 4.42 Å². The molecule has 0 unspecified atom stereocenters. The summed E-state index contributed by atoms with van der Waals surface area (Å²) in [4.78, 5) is 0. The molecule has 4 saturated carbocycles. The van der Waals surface area contributed by atoms with Crippen LogP contribution in [0, 0.1) is 23.7 Å². The molecule has 1 nitrogen and oxygen atoms in total. The molecule has 1 heterocycles. The lowest BCUT2D eigenvalue weighted by atomic mass is 9.43. The van der Waals surface area contributed by atoms with Crippen LogP contribution in [-0.4, -0.2) is 0 Å². The maximum Gasteiger partial charge on any atom is 0.135 e. The van der Waals surface area contributed by atoms with Gasteiger partial charge in [-0.1, -0.05) is 41.9 Å². The van der Waals surface area contributed by atoms with Gasteiger partial charge in [0.25, 0.3) is 0 Å². The Labute approximate surface area is 181 Å². The van der Waals surface area contributed by atoms with Crippen molar-refractivity contribution in [2.75, 3.05) is 0 Å². The van der Waals surface area contributed by atoms with Crippen LogP contribution in [0.2, 0.25) is 5.02 Å². The molecule has 5 aliphatic rings. The van der Waals surface area contributed by atoms with Crippen LogP contribution in [0.3, 0.4) is 0 Å². The van der Waals surface area contributed by atoms with E-state index in [9.17, 15) is 0 Å². The number of furan rings is 1. The molecule has 2 heteroatoms. The molecule has 1 aromatic heterocycles. The van der Waals surface area contributed by atoms with Crippen molar-refractivity contribution in [3.63, 3.8) is 0 Å². The van der Waals surface area contributed by atoms with Gasteiger partial charge in [-0.3, -0.25) is 0 Å². The molecule has 0 saturated heterocycles. The van der Waals surface area contributed by atoms with Gasteiger partial charge in [0.15, 0.2) is 0 Å². The minimum absolute atomic E-state index is 0.134. The zero-order valence-corrected chi connectivity index (χ0v) is 17.6. The van der Waals surface area contributed by atoms with E-state index in [1.165, 1.54) is 54.0 Å². The van der Waals surface area contributed by atoms with Crippen molar-refractivity contribution in [1.29, 1.82) is 0 Å². The highest BCUT2D eigenvalue weighted by Crippen LogP contribution is 2.70. The Morgan fingerprint density at radius 1 is 0.767 bits per heavy atom. The predicted octanol–water partition coefficient (Wildman–Crippen LogP) is 7.96. The highest BCUT2D eigenvalue weighted by Gasteiger charge is 2.62. The molecule has 4 aromatic rings. The quantitative estimate of drug-likeness (QED) is 0.286. The van der Waals surface area contributed by atoms with Crippen molar-refractivity contribution in [3.8, 4) is 11.1 Å². The molecule has 30 heavy (non-hydrogen) atoms. The van der Waals surface area contributed by atoms with Crippen LogP contribution in [-0.2, 0) is 5.41 Å². The zero-order chi connectivity index (χ0) is 19.6. The summed E-state index contributed by atoms with van der Waals surface area (Å²) in [5.41, 5.74) is 8.08. The van der Waals surface area contributed by atoms with Crippen molar-refractivity contribution >= 4 is 33.5 Å². The maximum atomic E-state index is 6.54. The third-order valence-electron chi connectivity index (χ3n) is 9.10. The Balaban J connectivity index is 1.56. The normalized spacial score (nSPS) is 33.0. The molecule has 0 N–H and O–H groups in total. The molecule has 9 rings (SSSR count). The summed E-state index contributed by atoms with van der Waals surface area (Å²) in [6.07, 6.45) is 7.03. The first kappa shape index (κ1) is 16.4. The van der Waals surface area contributed by atoms with Gasteiger partial charge in [0.2, 0.25) is 0 Å². The second kappa shape index (κ2) is 5.32. The number of halogens is 1. The van der Waals surface area contributed by atoms with Gasteiger partial charge in [-0.2, -0.15) is 0 Å². The first-order chi connectivity index (χ1) is 14.7. The van der Waals surface area contributed by atoms with E-state index < -0.39 is 0 Å². The maximum absolute atomic E-state index is 6.54. The summed E-state index contributed by atoms with van der Waals surface area (Å²) >= 11 is 6.54. The van der Waals surface area contributed by atoms with Crippen molar-refractivity contribution in [3.05, 3.63) is 70.7 Å². The number of rotatable bonds is 0. The van der Waals surface area contributed by atoms with Gasteiger partial charge in [0.05, 0.1) is 0 Å². The van der Waals surface area contributed by atoms with Crippen molar-refractivity contribution in [1.82, 2.24) is 0 Å². The molecule has 0 aliphatic heterocycles. The minimum Gasteiger partial charge on any atom is -0.456 e. The van der Waals surface area contributed by atoms with E-state index in [0.29, 0.717) is 0 Å². The number of fused-ring (bicyclic) bond motifs is 7. The first-order valence-electron chi connectivity index (χ1n) is 11.5. The van der Waals surface area contributed by atoms with Crippen molar-refractivity contribution in [2.45, 2.75) is 37.5 Å². The number of hydrogen-bond donors (Lipinski definition) is 0. The molecule has 4 fully saturated rings. The highest BCUT2D eigenvalue weighted by atomic mass is 35.5. The summed E-state index contributed by atoms with van der Waals surface area (Å²) in [5, 5.41) is 3.48. The van der Waals surface area contributed by atoms with Gasteiger partial charge in [-0.05, 0) is 102 Å². The molecule has 0 radical (unpaired) electrons. The predicted molar refractivity (Wildman–Crippen MR) is 122 cm³/mol. The summed E-state index contributed by atoms with van der Waals surface area (Å²) < 4.78 is 6.36. The van der Waals surface area contributed by atoms with Gasteiger partial charge < -0.3 is 4.42 Å². The van der Waals surface area contributed by atoms with Crippen molar-refractivity contribution in [2.24, 2.45) is 23.7 Å². The summed E-state index contributed by atoms with van der Waals surface area (Å²) in [6.45, 7) is 0. The van der Waals surface area contributed by atoms with Crippen LogP contribution < -0.4 is 0 Å². The van der Waals surface area contributed by atoms with Gasteiger partial charge in [0, 0.05) is 21.2 Å². The fourth-order valence-electron chi connectivity index (χ4n) is 8.48. The number of benzene rings is 3. The molecule has 5 aliphatic carbocycles. The molecular weight excluding hydrogens is 388 g/mol. The molecule has 3 aromatic carbocycles. The second-order valence-electron chi connectivity index (χ2n) is 10.3. The molecule has 0 atom stereocenters. The van der Waals surface area contributed by atoms with Gasteiger partial charge >= 0.3 is 0 Å². The lowest BCUT2D eigenvalue weighted by Crippen LogP contribution is -2.55. The smallest absolute Gasteiger partial charge is 0.135 e. The lowest BCUT2D eigenvalue weighted by Gasteiger charge is -2.61. The fourth-order valence-corrected chi connectivity index (χ4v) is 8.65. The van der Waals surface area contributed by atoms with Crippen LogP contribution in [0.25, 0.3) is 33.1 Å². The van der Waals surface area contributed by atoms with E-state index in [4.69, 9.17) is 16.0 Å². The van der Waals surface area contributed by atoms with E-state index in [1.54, 1.807) is 11.1 Å². The highest BCUT2D eigenvalue weighted by molar-refractivity contribution is 6.31. The van der Waals surface area contributed by atoms with Crippen LogP contribution in [0.4, 0.5) is 0 Å². The standard InChI is InChI=1S/C28H23ClO/c29-19-5-7-23-22(14-19)20-6-8-25-26(21-3-1-2-4-24(21)30-25)27(20)28(23)17-10-15-9-16(12-17)13-18(28)11-15/h1-8,14-18H,9-13H2. The monoisotopic (exact) mass is 410 g/mol. The topological polar surface area (TPSA) is 13.1 Å². The van der Waals surface area contributed by atoms with Crippen LogP contribution >= 0.6 is 11.6 Å². The Bertz CT molecular complexity index is 1350. The van der Waals surface area contributed by atoms with E-state index in [2.05, 4.69) is 54.6 Å². The zero-order valence-electron chi connectivity index (χ0n) is 16.8. The Hall–Kier alpha value is -2.25. The summed E-state index contributed by atoms with van der Waals surface area (Å²) in [5.74, 6) is 3.37. The third kappa shape index (κ3) is 1.76. The van der Waals surface area contributed by atoms with E-state index in [-0.39, 0.29) is 5.41 Å². The number of para-hydroxylation sites is 1. The molecule has 0 amide bonds. The van der Waals surface area contributed by atoms with E-state index in [1.807, 2.05) is 0 Å². The average molecular weight is 411 g/mol. The minimum atomic E-state index is 0.134. The largest absolute Gasteiger partial charge is 0.456 e. The molecular formula is C28H23ClO. The average Bonchev–Trinajstić information content (AvgIpc) is 3.25. The number of hydrogen-bond acceptors (Lipinski definition) is 1. The summed E-state index contributed by atoms with van der Waals surface area (Å²) in [6, 6.07) is 19.8. The van der Waals surface area contributed by atoms with Crippen LogP contribution in [0.1, 0.15) is 43.2 Å². The summed E-state index contributed by atoms with van der Waals surface area (Å²) in [7, 11) is 0. The van der Waals surface area contributed by atoms with Gasteiger partial charge in [0.1, 0.15) is 11.2 Å².